The van der Waals surface area contributed by atoms with E-state index in [1.54, 1.807) is 29.7 Å². The number of primary amides is 1. The van der Waals surface area contributed by atoms with Crippen LogP contribution in [0.5, 0.6) is 0 Å². The number of aromatic nitrogens is 1. The van der Waals surface area contributed by atoms with Gasteiger partial charge in [-0.15, -0.1) is 11.3 Å². The number of fused-ring (bicyclic) bond motifs is 1. The summed E-state index contributed by atoms with van der Waals surface area (Å²) in [5.74, 6) is -0.428. The molecule has 0 saturated carbocycles. The lowest BCUT2D eigenvalue weighted by Crippen LogP contribution is -2.12. The number of nitro benzene ring substituents is 1. The Bertz CT molecular complexity index is 1100. The first-order valence-corrected chi connectivity index (χ1v) is 10.3. The van der Waals surface area contributed by atoms with Gasteiger partial charge in [0.2, 0.25) is 0 Å². The largest absolute Gasteiger partial charge is 0.365 e. The minimum Gasteiger partial charge on any atom is -0.365 e. The van der Waals surface area contributed by atoms with Crippen molar-refractivity contribution in [3.63, 3.8) is 0 Å². The van der Waals surface area contributed by atoms with Gasteiger partial charge in [0.05, 0.1) is 22.4 Å². The number of hydrogen-bond donors (Lipinski definition) is 1. The second-order valence-electron chi connectivity index (χ2n) is 6.94. The monoisotopic (exact) mass is 408 g/mol. The highest BCUT2D eigenvalue weighted by Crippen LogP contribution is 2.39. The van der Waals surface area contributed by atoms with Crippen molar-refractivity contribution in [3.8, 4) is 5.69 Å². The molecule has 1 aliphatic rings. The first-order chi connectivity index (χ1) is 14.0. The van der Waals surface area contributed by atoms with Crippen molar-refractivity contribution in [3.05, 3.63) is 74.4 Å². The van der Waals surface area contributed by atoms with Crippen LogP contribution in [-0.2, 0) is 12.8 Å². The molecule has 3 aromatic rings. The number of non-ortho nitro benzene ring substituents is 1. The Hall–Kier alpha value is -3.26. The number of nitrogens with two attached hydrogens (primary N) is 1. The van der Waals surface area contributed by atoms with Gasteiger partial charge in [0.1, 0.15) is 5.00 Å². The minimum absolute atomic E-state index is 0.0438. The van der Waals surface area contributed by atoms with E-state index in [2.05, 4.69) is 4.99 Å². The predicted molar refractivity (Wildman–Crippen MR) is 114 cm³/mol. The maximum absolute atomic E-state index is 12.1. The third-order valence-electron chi connectivity index (χ3n) is 5.08. The first-order valence-electron chi connectivity index (χ1n) is 9.45. The second kappa shape index (κ2) is 8.00. The van der Waals surface area contributed by atoms with Gasteiger partial charge >= 0.3 is 0 Å². The van der Waals surface area contributed by atoms with Crippen LogP contribution in [0.4, 0.5) is 10.7 Å². The Morgan fingerprint density at radius 3 is 2.66 bits per heavy atom. The van der Waals surface area contributed by atoms with Gasteiger partial charge in [-0.05, 0) is 55.5 Å². The highest BCUT2D eigenvalue weighted by molar-refractivity contribution is 7.16. The molecule has 0 radical (unpaired) electrons. The number of amides is 1. The zero-order valence-electron chi connectivity index (χ0n) is 15.7. The van der Waals surface area contributed by atoms with Gasteiger partial charge in [0, 0.05) is 28.9 Å². The van der Waals surface area contributed by atoms with E-state index < -0.39 is 10.8 Å². The summed E-state index contributed by atoms with van der Waals surface area (Å²) in [5.41, 5.74) is 8.93. The molecule has 1 aliphatic carbocycles. The Morgan fingerprint density at radius 1 is 1.17 bits per heavy atom. The Labute approximate surface area is 171 Å². The van der Waals surface area contributed by atoms with E-state index in [9.17, 15) is 14.9 Å². The SMILES string of the molecule is NC(=O)c1c(N=Cc2cccn2-c2ccc([N+](=O)[O-])cc2)sc2c1CCCCC2. The summed E-state index contributed by atoms with van der Waals surface area (Å²) >= 11 is 1.55. The smallest absolute Gasteiger partial charge is 0.269 e. The standard InChI is InChI=1S/C21H20N4O3S/c22-20(26)19-17-6-2-1-3-7-18(17)29-21(19)23-13-16-5-4-12-24(16)14-8-10-15(11-9-14)25(27)28/h4-5,8-13H,1-3,6-7H2,(H2,22,26). The van der Waals surface area contributed by atoms with Crippen molar-refractivity contribution in [2.24, 2.45) is 10.7 Å². The van der Waals surface area contributed by atoms with Crippen LogP contribution < -0.4 is 5.73 Å². The first kappa shape index (κ1) is 19.1. The molecule has 4 rings (SSSR count). The van der Waals surface area contributed by atoms with Crippen molar-refractivity contribution >= 4 is 34.1 Å². The van der Waals surface area contributed by atoms with Crippen LogP contribution >= 0.6 is 11.3 Å². The number of benzene rings is 1. The van der Waals surface area contributed by atoms with Gasteiger partial charge in [-0.3, -0.25) is 14.9 Å². The number of hydrogen-bond acceptors (Lipinski definition) is 5. The maximum Gasteiger partial charge on any atom is 0.269 e. The summed E-state index contributed by atoms with van der Waals surface area (Å²) in [7, 11) is 0. The third-order valence-corrected chi connectivity index (χ3v) is 6.28. The highest BCUT2D eigenvalue weighted by atomic mass is 32.1. The molecule has 0 fully saturated rings. The number of carbonyl (C=O) groups excluding carboxylic acids is 1. The van der Waals surface area contributed by atoms with Crippen LogP contribution in [0.15, 0.2) is 47.6 Å². The molecule has 7 nitrogen and oxygen atoms in total. The van der Waals surface area contributed by atoms with Crippen molar-refractivity contribution < 1.29 is 9.72 Å². The van der Waals surface area contributed by atoms with Crippen LogP contribution in [0, 0.1) is 10.1 Å². The normalized spacial score (nSPS) is 13.9. The quantitative estimate of drug-likeness (QED) is 0.289. The van der Waals surface area contributed by atoms with Gasteiger partial charge in [-0.2, -0.15) is 0 Å². The van der Waals surface area contributed by atoms with E-state index >= 15 is 0 Å². The average molecular weight is 408 g/mol. The maximum atomic E-state index is 12.1. The van der Waals surface area contributed by atoms with Gasteiger partial charge in [0.25, 0.3) is 11.6 Å². The van der Waals surface area contributed by atoms with Crippen molar-refractivity contribution in [2.45, 2.75) is 32.1 Å². The average Bonchev–Trinajstić information content (AvgIpc) is 3.24. The molecule has 1 aromatic carbocycles. The van der Waals surface area contributed by atoms with E-state index in [1.807, 2.05) is 22.9 Å². The van der Waals surface area contributed by atoms with Gasteiger partial charge in [0.15, 0.2) is 0 Å². The van der Waals surface area contributed by atoms with E-state index in [1.165, 1.54) is 23.4 Å². The summed E-state index contributed by atoms with van der Waals surface area (Å²) in [5, 5.41) is 11.5. The molecular weight excluding hydrogens is 388 g/mol. The fourth-order valence-electron chi connectivity index (χ4n) is 3.67. The Morgan fingerprint density at radius 2 is 1.93 bits per heavy atom. The molecule has 0 aliphatic heterocycles. The van der Waals surface area contributed by atoms with Crippen LogP contribution in [0.3, 0.4) is 0 Å². The number of nitrogens with zero attached hydrogens (tertiary/aromatic N) is 3. The zero-order chi connectivity index (χ0) is 20.4. The molecule has 0 atom stereocenters. The number of thiophene rings is 1. The molecule has 8 heteroatoms. The fraction of sp³-hybridized carbons (Fsp3) is 0.238. The molecule has 2 N–H and O–H groups in total. The molecule has 2 aromatic heterocycles. The Kier molecular flexibility index (Phi) is 5.26. The number of nitro groups is 1. The second-order valence-corrected chi connectivity index (χ2v) is 8.03. The molecule has 0 saturated heterocycles. The predicted octanol–water partition coefficient (Wildman–Crippen LogP) is 4.57. The molecule has 0 unspecified atom stereocenters. The number of aryl methyl sites for hydroxylation is 1. The topological polar surface area (TPSA) is 104 Å². The summed E-state index contributed by atoms with van der Waals surface area (Å²) < 4.78 is 1.88. The van der Waals surface area contributed by atoms with Crippen molar-refractivity contribution in [2.75, 3.05) is 0 Å². The zero-order valence-corrected chi connectivity index (χ0v) is 16.5. The van der Waals surface area contributed by atoms with Crippen molar-refractivity contribution in [1.29, 1.82) is 0 Å². The number of rotatable bonds is 5. The highest BCUT2D eigenvalue weighted by Gasteiger charge is 2.22. The van der Waals surface area contributed by atoms with E-state index in [0.29, 0.717) is 10.6 Å². The number of carbonyl (C=O) groups is 1. The van der Waals surface area contributed by atoms with Crippen LogP contribution in [0.25, 0.3) is 5.69 Å². The summed E-state index contributed by atoms with van der Waals surface area (Å²) in [6.07, 6.45) is 8.77. The molecule has 0 bridgehead atoms. The van der Waals surface area contributed by atoms with Crippen LogP contribution in [0.2, 0.25) is 0 Å². The van der Waals surface area contributed by atoms with E-state index in [0.717, 1.165) is 42.6 Å². The molecule has 29 heavy (non-hydrogen) atoms. The minimum atomic E-state index is -0.428. The van der Waals surface area contributed by atoms with Gasteiger partial charge < -0.3 is 10.3 Å². The molecule has 1 amide bonds. The van der Waals surface area contributed by atoms with Gasteiger partial charge in [-0.25, -0.2) is 4.99 Å². The molecule has 148 valence electrons. The molecule has 0 spiro atoms. The van der Waals surface area contributed by atoms with Crippen LogP contribution in [0.1, 0.15) is 45.8 Å². The summed E-state index contributed by atoms with van der Waals surface area (Å²) in [4.78, 5) is 28.4. The van der Waals surface area contributed by atoms with Crippen molar-refractivity contribution in [1.82, 2.24) is 4.57 Å². The Balaban J connectivity index is 1.67. The summed E-state index contributed by atoms with van der Waals surface area (Å²) in [6.45, 7) is 0. The van der Waals surface area contributed by atoms with Gasteiger partial charge in [-0.1, -0.05) is 6.42 Å². The molecular formula is C21H20N4O3S. The lowest BCUT2D eigenvalue weighted by atomic mass is 10.1. The summed E-state index contributed by atoms with van der Waals surface area (Å²) in [6, 6.07) is 10.1. The van der Waals surface area contributed by atoms with E-state index in [4.69, 9.17) is 5.73 Å². The lowest BCUT2D eigenvalue weighted by molar-refractivity contribution is -0.384. The van der Waals surface area contributed by atoms with E-state index in [-0.39, 0.29) is 5.69 Å². The number of aliphatic imine (C=N–C) groups is 1. The van der Waals surface area contributed by atoms with Crippen LogP contribution in [-0.4, -0.2) is 21.6 Å². The third kappa shape index (κ3) is 3.84. The molecule has 2 heterocycles. The fourth-order valence-corrected chi connectivity index (χ4v) is 4.91. The lowest BCUT2D eigenvalue weighted by Gasteiger charge is -2.06.